The number of benzene rings is 3. The van der Waals surface area contributed by atoms with Crippen molar-refractivity contribution in [1.82, 2.24) is 5.32 Å². The van der Waals surface area contributed by atoms with E-state index in [0.29, 0.717) is 11.1 Å². The molecule has 0 aromatic heterocycles. The number of halogens is 4. The molecule has 0 atom stereocenters. The summed E-state index contributed by atoms with van der Waals surface area (Å²) in [6, 6.07) is 13.8. The van der Waals surface area contributed by atoms with Gasteiger partial charge < -0.3 is 5.32 Å². The maximum absolute atomic E-state index is 13.8. The number of anilines is 1. The van der Waals surface area contributed by atoms with E-state index in [1.807, 2.05) is 0 Å². The normalized spacial score (nSPS) is 11.8. The molecule has 0 radical (unpaired) electrons. The van der Waals surface area contributed by atoms with Crippen LogP contribution in [0, 0.1) is 12.7 Å². The van der Waals surface area contributed by atoms with Crippen LogP contribution >= 0.6 is 0 Å². The Hall–Kier alpha value is -3.40. The molecule has 0 heterocycles. The molecule has 3 aromatic rings. The summed E-state index contributed by atoms with van der Waals surface area (Å²) in [5.74, 6) is -1.28. The highest BCUT2D eigenvalue weighted by molar-refractivity contribution is 7.92. The van der Waals surface area contributed by atoms with Gasteiger partial charge in [-0.1, -0.05) is 30.3 Å². The number of carbonyl (C=O) groups excluding carboxylic acids is 1. The van der Waals surface area contributed by atoms with Gasteiger partial charge in [-0.2, -0.15) is 13.2 Å². The molecule has 0 aliphatic carbocycles. The van der Waals surface area contributed by atoms with Crippen LogP contribution in [0.2, 0.25) is 0 Å². The van der Waals surface area contributed by atoms with Crippen LogP contribution in [0.1, 0.15) is 27.0 Å². The molecule has 0 spiro atoms. The zero-order valence-electron chi connectivity index (χ0n) is 17.4. The van der Waals surface area contributed by atoms with Crippen molar-refractivity contribution in [1.29, 1.82) is 0 Å². The lowest BCUT2D eigenvalue weighted by molar-refractivity contribution is -0.137. The van der Waals surface area contributed by atoms with Crippen molar-refractivity contribution in [2.45, 2.75) is 24.4 Å². The number of nitrogens with one attached hydrogen (secondary N) is 2. The van der Waals surface area contributed by atoms with E-state index in [-0.39, 0.29) is 29.1 Å². The number of hydrogen-bond acceptors (Lipinski definition) is 3. The summed E-state index contributed by atoms with van der Waals surface area (Å²) < 4.78 is 79.2. The first-order valence-corrected chi connectivity index (χ1v) is 11.3. The topological polar surface area (TPSA) is 75.3 Å². The highest BCUT2D eigenvalue weighted by Crippen LogP contribution is 2.29. The van der Waals surface area contributed by atoms with Crippen molar-refractivity contribution in [3.05, 3.63) is 94.8 Å². The molecule has 0 unspecified atom stereocenters. The molecule has 5 nitrogen and oxygen atoms in total. The molecular weight excluding hydrogens is 460 g/mol. The number of sulfonamides is 1. The van der Waals surface area contributed by atoms with Gasteiger partial charge in [-0.15, -0.1) is 0 Å². The van der Waals surface area contributed by atoms with Crippen LogP contribution in [0.4, 0.5) is 23.2 Å². The number of para-hydroxylation sites is 1. The van der Waals surface area contributed by atoms with E-state index in [0.717, 1.165) is 18.2 Å². The first-order valence-electron chi connectivity index (χ1n) is 9.80. The summed E-state index contributed by atoms with van der Waals surface area (Å²) in [5.41, 5.74) is 0.254. The lowest BCUT2D eigenvalue weighted by Gasteiger charge is -2.12. The van der Waals surface area contributed by atoms with Gasteiger partial charge >= 0.3 is 6.18 Å². The van der Waals surface area contributed by atoms with Gasteiger partial charge in [0.25, 0.3) is 15.9 Å². The summed E-state index contributed by atoms with van der Waals surface area (Å²) in [7, 11) is -4.15. The molecule has 0 aliphatic heterocycles. The maximum Gasteiger partial charge on any atom is 0.416 e. The Kier molecular flexibility index (Phi) is 7.06. The second-order valence-electron chi connectivity index (χ2n) is 7.26. The Bertz CT molecular complexity index is 1260. The summed E-state index contributed by atoms with van der Waals surface area (Å²) >= 11 is 0. The molecule has 0 saturated carbocycles. The third kappa shape index (κ3) is 6.10. The predicted molar refractivity (Wildman–Crippen MR) is 116 cm³/mol. The minimum absolute atomic E-state index is 0.110. The molecule has 1 amide bonds. The minimum atomic E-state index is -4.42. The van der Waals surface area contributed by atoms with Crippen molar-refractivity contribution in [2.24, 2.45) is 0 Å². The van der Waals surface area contributed by atoms with Gasteiger partial charge in [-0.05, 0) is 60.9 Å². The maximum atomic E-state index is 13.8. The zero-order valence-corrected chi connectivity index (χ0v) is 18.2. The van der Waals surface area contributed by atoms with Gasteiger partial charge in [0.15, 0.2) is 0 Å². The average Bonchev–Trinajstić information content (AvgIpc) is 2.75. The van der Waals surface area contributed by atoms with Crippen LogP contribution in [0.15, 0.2) is 71.6 Å². The van der Waals surface area contributed by atoms with Gasteiger partial charge in [0, 0.05) is 12.1 Å². The second-order valence-corrected chi connectivity index (χ2v) is 8.95. The largest absolute Gasteiger partial charge is 0.416 e. The van der Waals surface area contributed by atoms with Crippen molar-refractivity contribution in [2.75, 3.05) is 11.3 Å². The quantitative estimate of drug-likeness (QED) is 0.471. The van der Waals surface area contributed by atoms with E-state index < -0.39 is 33.5 Å². The number of amides is 1. The molecule has 0 aliphatic rings. The third-order valence-corrected chi connectivity index (χ3v) is 6.23. The fourth-order valence-electron chi connectivity index (χ4n) is 3.04. The van der Waals surface area contributed by atoms with Crippen LogP contribution < -0.4 is 10.0 Å². The van der Waals surface area contributed by atoms with E-state index in [9.17, 15) is 30.8 Å². The Morgan fingerprint density at radius 2 is 1.64 bits per heavy atom. The van der Waals surface area contributed by atoms with Gasteiger partial charge in [0.05, 0.1) is 16.1 Å². The molecule has 33 heavy (non-hydrogen) atoms. The smallest absolute Gasteiger partial charge is 0.352 e. The highest BCUT2D eigenvalue weighted by Gasteiger charge is 2.29. The number of hydrogen-bond donors (Lipinski definition) is 2. The lowest BCUT2D eigenvalue weighted by atomic mass is 10.1. The molecule has 174 valence electrons. The Morgan fingerprint density at radius 3 is 2.27 bits per heavy atom. The van der Waals surface area contributed by atoms with E-state index in [1.165, 1.54) is 48.5 Å². The number of aryl methyl sites for hydroxylation is 1. The summed E-state index contributed by atoms with van der Waals surface area (Å²) in [6.45, 7) is 1.76. The first kappa shape index (κ1) is 24.2. The molecule has 3 rings (SSSR count). The molecule has 0 bridgehead atoms. The molecule has 3 aromatic carbocycles. The van der Waals surface area contributed by atoms with E-state index in [2.05, 4.69) is 10.0 Å². The Balaban J connectivity index is 1.68. The summed E-state index contributed by atoms with van der Waals surface area (Å²) in [6.07, 6.45) is -4.13. The second kappa shape index (κ2) is 9.62. The van der Waals surface area contributed by atoms with Crippen molar-refractivity contribution < 1.29 is 30.8 Å². The van der Waals surface area contributed by atoms with Gasteiger partial charge in [0.1, 0.15) is 5.82 Å². The van der Waals surface area contributed by atoms with Crippen LogP contribution in [0.25, 0.3) is 0 Å². The van der Waals surface area contributed by atoms with Crippen LogP contribution in [-0.2, 0) is 22.6 Å². The van der Waals surface area contributed by atoms with Gasteiger partial charge in [0.2, 0.25) is 0 Å². The number of carbonyl (C=O) groups is 1. The number of alkyl halides is 3. The van der Waals surface area contributed by atoms with Crippen LogP contribution in [0.3, 0.4) is 0 Å². The molecule has 0 fully saturated rings. The Morgan fingerprint density at radius 1 is 0.970 bits per heavy atom. The van der Waals surface area contributed by atoms with Crippen LogP contribution in [-0.4, -0.2) is 20.9 Å². The SMILES string of the molecule is Cc1ccc(S(=O)(=O)Nc2ccccc2F)cc1C(=O)NCCc1ccc(C(F)(F)F)cc1. The standard InChI is InChI=1S/C23H20F4N2O3S/c1-15-6-11-18(33(31,32)29-21-5-3-2-4-20(21)24)14-19(15)22(30)28-13-12-16-7-9-17(10-8-16)23(25,26)27/h2-11,14,29H,12-13H2,1H3,(H,28,30). The zero-order chi connectivity index (χ0) is 24.2. The average molecular weight is 480 g/mol. The van der Waals surface area contributed by atoms with E-state index in [1.54, 1.807) is 6.92 Å². The summed E-state index contributed by atoms with van der Waals surface area (Å²) in [5, 5.41) is 2.63. The fourth-order valence-corrected chi connectivity index (χ4v) is 4.13. The van der Waals surface area contributed by atoms with Gasteiger partial charge in [-0.25, -0.2) is 12.8 Å². The van der Waals surface area contributed by atoms with Crippen molar-refractivity contribution >= 4 is 21.6 Å². The molecule has 0 saturated heterocycles. The van der Waals surface area contributed by atoms with Crippen LogP contribution in [0.5, 0.6) is 0 Å². The minimum Gasteiger partial charge on any atom is -0.352 e. The number of rotatable bonds is 7. The third-order valence-electron chi connectivity index (χ3n) is 4.86. The van der Waals surface area contributed by atoms with E-state index in [4.69, 9.17) is 0 Å². The highest BCUT2D eigenvalue weighted by atomic mass is 32.2. The lowest BCUT2D eigenvalue weighted by Crippen LogP contribution is -2.27. The monoisotopic (exact) mass is 480 g/mol. The fraction of sp³-hybridized carbons (Fsp3) is 0.174. The van der Waals surface area contributed by atoms with Crippen molar-refractivity contribution in [3.8, 4) is 0 Å². The molecule has 2 N–H and O–H groups in total. The van der Waals surface area contributed by atoms with E-state index >= 15 is 0 Å². The molecule has 10 heteroatoms. The van der Waals surface area contributed by atoms with Crippen molar-refractivity contribution in [3.63, 3.8) is 0 Å². The van der Waals surface area contributed by atoms with Gasteiger partial charge in [-0.3, -0.25) is 9.52 Å². The predicted octanol–water partition coefficient (Wildman–Crippen LogP) is 4.93. The molecular formula is C23H20F4N2O3S. The Labute approximate surface area is 188 Å². The summed E-state index contributed by atoms with van der Waals surface area (Å²) in [4.78, 5) is 12.4. The first-order chi connectivity index (χ1) is 15.5.